The summed E-state index contributed by atoms with van der Waals surface area (Å²) >= 11 is 0. The van der Waals surface area contributed by atoms with Crippen LogP contribution in [0.25, 0.3) is 0 Å². The van der Waals surface area contributed by atoms with Crippen LogP contribution in [-0.4, -0.2) is 34.6 Å². The van der Waals surface area contributed by atoms with Crippen LogP contribution in [0, 0.1) is 5.92 Å². The second-order valence-corrected chi connectivity index (χ2v) is 4.73. The van der Waals surface area contributed by atoms with E-state index in [2.05, 4.69) is 13.8 Å². The molecule has 1 aliphatic rings. The Bertz CT molecular complexity index is 183. The minimum atomic E-state index is -0.734. The van der Waals surface area contributed by atoms with Gasteiger partial charge in [0, 0.05) is 0 Å². The van der Waals surface area contributed by atoms with E-state index in [0.29, 0.717) is 5.92 Å². The normalized spacial score (nSPS) is 40.1. The molecule has 0 saturated carbocycles. The van der Waals surface area contributed by atoms with Gasteiger partial charge < -0.3 is 14.9 Å². The van der Waals surface area contributed by atoms with Crippen molar-refractivity contribution >= 4 is 0 Å². The SMILES string of the molecule is CCCC(C)C[C@@]1(C)OC[C@H](O)[C@@H]1O. The van der Waals surface area contributed by atoms with Crippen molar-refractivity contribution in [2.45, 2.75) is 57.8 Å². The Balaban J connectivity index is 2.49. The van der Waals surface area contributed by atoms with Crippen molar-refractivity contribution in [3.8, 4) is 0 Å². The molecule has 14 heavy (non-hydrogen) atoms. The molecule has 0 amide bonds. The maximum atomic E-state index is 9.76. The number of ether oxygens (including phenoxy) is 1. The van der Waals surface area contributed by atoms with Gasteiger partial charge in [0.2, 0.25) is 0 Å². The average Bonchev–Trinajstić information content (AvgIpc) is 2.34. The standard InChI is InChI=1S/C11H22O3/c1-4-5-8(2)6-11(3)10(13)9(12)7-14-11/h8-10,12-13H,4-7H2,1-3H3/t8?,9-,10-,11+/m0/s1. The molecule has 1 aliphatic heterocycles. The lowest BCUT2D eigenvalue weighted by Crippen LogP contribution is -2.41. The third-order valence-electron chi connectivity index (χ3n) is 3.11. The number of rotatable bonds is 4. The maximum Gasteiger partial charge on any atom is 0.111 e. The van der Waals surface area contributed by atoms with Crippen molar-refractivity contribution in [3.63, 3.8) is 0 Å². The quantitative estimate of drug-likeness (QED) is 0.723. The largest absolute Gasteiger partial charge is 0.388 e. The monoisotopic (exact) mass is 202 g/mol. The molecule has 2 N–H and O–H groups in total. The van der Waals surface area contributed by atoms with Crippen LogP contribution >= 0.6 is 0 Å². The molecule has 0 radical (unpaired) electrons. The van der Waals surface area contributed by atoms with E-state index in [9.17, 15) is 10.2 Å². The van der Waals surface area contributed by atoms with Gasteiger partial charge >= 0.3 is 0 Å². The van der Waals surface area contributed by atoms with Gasteiger partial charge in [-0.25, -0.2) is 0 Å². The summed E-state index contributed by atoms with van der Waals surface area (Å²) in [5.74, 6) is 0.532. The van der Waals surface area contributed by atoms with Gasteiger partial charge in [0.1, 0.15) is 12.2 Å². The summed E-state index contributed by atoms with van der Waals surface area (Å²) in [6, 6.07) is 0. The minimum Gasteiger partial charge on any atom is -0.388 e. The van der Waals surface area contributed by atoms with E-state index in [4.69, 9.17) is 4.74 Å². The van der Waals surface area contributed by atoms with Crippen LogP contribution in [0.5, 0.6) is 0 Å². The number of aliphatic hydroxyl groups is 2. The summed E-state index contributed by atoms with van der Waals surface area (Å²) in [5, 5.41) is 19.2. The Morgan fingerprint density at radius 3 is 2.57 bits per heavy atom. The summed E-state index contributed by atoms with van der Waals surface area (Å²) in [5.41, 5.74) is -0.548. The second-order valence-electron chi connectivity index (χ2n) is 4.73. The van der Waals surface area contributed by atoms with Gasteiger partial charge in [0.15, 0.2) is 0 Å². The first kappa shape index (κ1) is 12.0. The van der Waals surface area contributed by atoms with Gasteiger partial charge in [-0.05, 0) is 19.3 Å². The molecule has 1 saturated heterocycles. The molecular formula is C11H22O3. The van der Waals surface area contributed by atoms with Crippen molar-refractivity contribution in [3.05, 3.63) is 0 Å². The fourth-order valence-electron chi connectivity index (χ4n) is 2.33. The summed E-state index contributed by atoms with van der Waals surface area (Å²) in [6.07, 6.45) is 1.66. The highest BCUT2D eigenvalue weighted by molar-refractivity contribution is 4.95. The van der Waals surface area contributed by atoms with Crippen molar-refractivity contribution in [1.29, 1.82) is 0 Å². The van der Waals surface area contributed by atoms with E-state index in [1.165, 1.54) is 0 Å². The van der Waals surface area contributed by atoms with Crippen LogP contribution in [0.15, 0.2) is 0 Å². The molecular weight excluding hydrogens is 180 g/mol. The van der Waals surface area contributed by atoms with Gasteiger partial charge in [-0.15, -0.1) is 0 Å². The van der Waals surface area contributed by atoms with Crippen LogP contribution < -0.4 is 0 Å². The number of hydrogen-bond acceptors (Lipinski definition) is 3. The zero-order valence-corrected chi connectivity index (χ0v) is 9.36. The average molecular weight is 202 g/mol. The molecule has 0 bridgehead atoms. The van der Waals surface area contributed by atoms with Crippen LogP contribution in [0.4, 0.5) is 0 Å². The predicted molar refractivity (Wildman–Crippen MR) is 55.1 cm³/mol. The van der Waals surface area contributed by atoms with Crippen molar-refractivity contribution in [2.24, 2.45) is 5.92 Å². The lowest BCUT2D eigenvalue weighted by atomic mass is 9.86. The molecule has 1 unspecified atom stereocenters. The van der Waals surface area contributed by atoms with E-state index in [0.717, 1.165) is 19.3 Å². The molecule has 3 heteroatoms. The Hall–Kier alpha value is -0.120. The van der Waals surface area contributed by atoms with E-state index in [-0.39, 0.29) is 6.61 Å². The summed E-state index contributed by atoms with van der Waals surface area (Å²) < 4.78 is 5.48. The lowest BCUT2D eigenvalue weighted by Gasteiger charge is -2.30. The first-order chi connectivity index (χ1) is 6.49. The van der Waals surface area contributed by atoms with Gasteiger partial charge in [0.25, 0.3) is 0 Å². The van der Waals surface area contributed by atoms with Gasteiger partial charge in [-0.3, -0.25) is 0 Å². The fourth-order valence-corrected chi connectivity index (χ4v) is 2.33. The predicted octanol–water partition coefficient (Wildman–Crippen LogP) is 1.32. The smallest absolute Gasteiger partial charge is 0.111 e. The van der Waals surface area contributed by atoms with Gasteiger partial charge in [-0.1, -0.05) is 26.7 Å². The zero-order valence-electron chi connectivity index (χ0n) is 9.36. The number of hydrogen-bond donors (Lipinski definition) is 2. The molecule has 3 nitrogen and oxygen atoms in total. The zero-order chi connectivity index (χ0) is 10.8. The number of aliphatic hydroxyl groups excluding tert-OH is 2. The third-order valence-corrected chi connectivity index (χ3v) is 3.11. The minimum absolute atomic E-state index is 0.260. The Labute approximate surface area is 86.1 Å². The molecule has 4 atom stereocenters. The van der Waals surface area contributed by atoms with Crippen molar-refractivity contribution in [2.75, 3.05) is 6.61 Å². The van der Waals surface area contributed by atoms with Crippen molar-refractivity contribution < 1.29 is 14.9 Å². The lowest BCUT2D eigenvalue weighted by molar-refractivity contribution is -0.0645. The molecule has 0 aromatic heterocycles. The molecule has 0 aromatic rings. The Morgan fingerprint density at radius 1 is 1.50 bits per heavy atom. The first-order valence-electron chi connectivity index (χ1n) is 5.49. The Morgan fingerprint density at radius 2 is 2.14 bits per heavy atom. The first-order valence-corrected chi connectivity index (χ1v) is 5.49. The van der Waals surface area contributed by atoms with Gasteiger partial charge in [-0.2, -0.15) is 0 Å². The summed E-state index contributed by atoms with van der Waals surface area (Å²) in [7, 11) is 0. The fraction of sp³-hybridized carbons (Fsp3) is 1.00. The topological polar surface area (TPSA) is 49.7 Å². The molecule has 0 aliphatic carbocycles. The Kier molecular flexibility index (Phi) is 3.93. The molecule has 1 rings (SSSR count). The van der Waals surface area contributed by atoms with Crippen LogP contribution in [0.1, 0.15) is 40.0 Å². The van der Waals surface area contributed by atoms with E-state index >= 15 is 0 Å². The molecule has 1 fully saturated rings. The van der Waals surface area contributed by atoms with E-state index in [1.54, 1.807) is 0 Å². The molecule has 0 spiro atoms. The molecule has 1 heterocycles. The maximum absolute atomic E-state index is 9.76. The highest BCUT2D eigenvalue weighted by Gasteiger charge is 2.45. The van der Waals surface area contributed by atoms with Crippen LogP contribution in [-0.2, 0) is 4.74 Å². The highest BCUT2D eigenvalue weighted by Crippen LogP contribution is 2.33. The highest BCUT2D eigenvalue weighted by atomic mass is 16.5. The summed E-state index contributed by atoms with van der Waals surface area (Å²) in [6.45, 7) is 6.46. The second kappa shape index (κ2) is 4.60. The van der Waals surface area contributed by atoms with E-state index < -0.39 is 17.8 Å². The molecule has 84 valence electrons. The van der Waals surface area contributed by atoms with Crippen molar-refractivity contribution in [1.82, 2.24) is 0 Å². The van der Waals surface area contributed by atoms with Crippen LogP contribution in [0.3, 0.4) is 0 Å². The van der Waals surface area contributed by atoms with Crippen LogP contribution in [0.2, 0.25) is 0 Å². The molecule has 0 aromatic carbocycles. The third kappa shape index (κ3) is 2.47. The van der Waals surface area contributed by atoms with Gasteiger partial charge in [0.05, 0.1) is 12.2 Å². The van der Waals surface area contributed by atoms with E-state index in [1.807, 2.05) is 6.92 Å². The summed E-state index contributed by atoms with van der Waals surface area (Å²) in [4.78, 5) is 0.